The highest BCUT2D eigenvalue weighted by atomic mass is 16.5. The van der Waals surface area contributed by atoms with Gasteiger partial charge in [0.25, 0.3) is 17.7 Å². The second-order valence-corrected chi connectivity index (χ2v) is 14.7. The van der Waals surface area contributed by atoms with Crippen LogP contribution in [0.5, 0.6) is 11.5 Å². The monoisotopic (exact) mass is 794 g/mol. The fraction of sp³-hybridized carbons (Fsp3) is 0.234. The van der Waals surface area contributed by atoms with E-state index in [1.807, 2.05) is 24.3 Å². The molecule has 5 aromatic carbocycles. The van der Waals surface area contributed by atoms with E-state index >= 15 is 0 Å². The standard InChI is InChI=1S/C47H46N4O8/c1-30(7-6-10-43(53)50-28-35-9-5-4-8-34(35)25-38(50)29-52)47(57)41-26-37(49-45(55)33-15-22-40(59-3)23-16-33)19-24-42(41)51(46(47)56)27-31-11-17-36(18-12-31)48-44(54)32-13-20-39(58-2)21-14-32/h4-9,11-24,26,30,38,52,57H,10,25,27-29H2,1-3H3,(H,48,54)(H,49,55)/b7-6+/t30-,38-,47+/m0/s1. The van der Waals surface area contributed by atoms with Crippen molar-refractivity contribution in [1.82, 2.24) is 4.90 Å². The number of fused-ring (bicyclic) bond motifs is 2. The Hall–Kier alpha value is -6.76. The molecule has 12 heteroatoms. The summed E-state index contributed by atoms with van der Waals surface area (Å²) < 4.78 is 10.4. The summed E-state index contributed by atoms with van der Waals surface area (Å²) in [7, 11) is 3.10. The van der Waals surface area contributed by atoms with Crippen LogP contribution >= 0.6 is 0 Å². The van der Waals surface area contributed by atoms with E-state index in [1.165, 1.54) is 4.90 Å². The van der Waals surface area contributed by atoms with Crippen LogP contribution in [0, 0.1) is 5.92 Å². The molecule has 4 amide bonds. The molecule has 0 saturated carbocycles. The number of carbonyl (C=O) groups is 4. The first kappa shape index (κ1) is 40.4. The zero-order valence-corrected chi connectivity index (χ0v) is 33.1. The first-order valence-corrected chi connectivity index (χ1v) is 19.3. The van der Waals surface area contributed by atoms with Crippen molar-refractivity contribution in [3.05, 3.63) is 161 Å². The van der Waals surface area contributed by atoms with E-state index in [0.29, 0.717) is 58.2 Å². The van der Waals surface area contributed by atoms with Crippen molar-refractivity contribution in [3.8, 4) is 11.5 Å². The van der Waals surface area contributed by atoms with Crippen molar-refractivity contribution in [1.29, 1.82) is 0 Å². The van der Waals surface area contributed by atoms with Crippen molar-refractivity contribution in [2.24, 2.45) is 5.92 Å². The normalized spacial score (nSPS) is 17.6. The average molecular weight is 795 g/mol. The molecule has 0 aliphatic carbocycles. The molecule has 2 heterocycles. The first-order chi connectivity index (χ1) is 28.5. The van der Waals surface area contributed by atoms with Gasteiger partial charge in [-0.1, -0.05) is 55.5 Å². The number of benzene rings is 5. The Kier molecular flexibility index (Phi) is 11.9. The van der Waals surface area contributed by atoms with Crippen LogP contribution in [0.15, 0.2) is 127 Å². The molecule has 302 valence electrons. The average Bonchev–Trinajstić information content (AvgIpc) is 3.48. The lowest BCUT2D eigenvalue weighted by atomic mass is 9.82. The van der Waals surface area contributed by atoms with Crippen molar-refractivity contribution < 1.29 is 38.9 Å². The van der Waals surface area contributed by atoms with Gasteiger partial charge in [-0.25, -0.2) is 0 Å². The molecule has 4 N–H and O–H groups in total. The van der Waals surface area contributed by atoms with Gasteiger partial charge in [0.1, 0.15) is 11.5 Å². The predicted molar refractivity (Wildman–Crippen MR) is 224 cm³/mol. The molecule has 5 aromatic rings. The molecule has 0 bridgehead atoms. The number of amides is 4. The van der Waals surface area contributed by atoms with Crippen LogP contribution in [0.25, 0.3) is 0 Å². The minimum atomic E-state index is -2.06. The zero-order valence-electron chi connectivity index (χ0n) is 33.1. The van der Waals surface area contributed by atoms with E-state index in [4.69, 9.17) is 9.47 Å². The molecular weight excluding hydrogens is 749 g/mol. The van der Waals surface area contributed by atoms with Crippen LogP contribution in [-0.2, 0) is 34.7 Å². The van der Waals surface area contributed by atoms with Gasteiger partial charge in [0.05, 0.1) is 39.1 Å². The van der Waals surface area contributed by atoms with Gasteiger partial charge in [0.2, 0.25) is 5.91 Å². The Bertz CT molecular complexity index is 2380. The summed E-state index contributed by atoms with van der Waals surface area (Å²) in [6, 6.07) is 33.0. The van der Waals surface area contributed by atoms with E-state index in [1.54, 1.807) is 129 Å². The number of hydrogen-bond donors (Lipinski definition) is 4. The van der Waals surface area contributed by atoms with Crippen molar-refractivity contribution in [2.75, 3.05) is 36.4 Å². The summed E-state index contributed by atoms with van der Waals surface area (Å²) in [4.78, 5) is 57.3. The van der Waals surface area contributed by atoms with E-state index in [0.717, 1.165) is 16.7 Å². The Morgan fingerprint density at radius 2 is 1.39 bits per heavy atom. The van der Waals surface area contributed by atoms with Crippen LogP contribution < -0.4 is 25.0 Å². The molecule has 12 nitrogen and oxygen atoms in total. The summed E-state index contributed by atoms with van der Waals surface area (Å²) >= 11 is 0. The summed E-state index contributed by atoms with van der Waals surface area (Å²) in [6.07, 6.45) is 3.88. The lowest BCUT2D eigenvalue weighted by molar-refractivity contribution is -0.139. The number of hydrogen-bond acceptors (Lipinski definition) is 8. The fourth-order valence-corrected chi connectivity index (χ4v) is 7.62. The minimum Gasteiger partial charge on any atom is -0.497 e. The SMILES string of the molecule is COc1ccc(C(=O)Nc2ccc(CN3C(=O)[C@@](O)([C@@H](C)/C=C/CC(=O)N4Cc5ccccc5C[C@H]4CO)c4cc(NC(=O)c5ccc(OC)cc5)ccc43)cc2)cc1. The third-order valence-electron chi connectivity index (χ3n) is 11.0. The maximum absolute atomic E-state index is 14.5. The van der Waals surface area contributed by atoms with Gasteiger partial charge >= 0.3 is 0 Å². The number of anilines is 3. The number of methoxy groups -OCH3 is 2. The van der Waals surface area contributed by atoms with Crippen LogP contribution in [0.4, 0.5) is 17.1 Å². The van der Waals surface area contributed by atoms with Gasteiger partial charge in [-0.05, 0) is 102 Å². The largest absolute Gasteiger partial charge is 0.497 e. The minimum absolute atomic E-state index is 0.00313. The van der Waals surface area contributed by atoms with Crippen LogP contribution in [0.3, 0.4) is 0 Å². The lowest BCUT2D eigenvalue weighted by Crippen LogP contribution is -2.46. The molecule has 59 heavy (non-hydrogen) atoms. The van der Waals surface area contributed by atoms with Gasteiger partial charge < -0.3 is 40.1 Å². The molecule has 0 aromatic heterocycles. The predicted octanol–water partition coefficient (Wildman–Crippen LogP) is 6.47. The van der Waals surface area contributed by atoms with E-state index < -0.39 is 17.4 Å². The van der Waals surface area contributed by atoms with Gasteiger partial charge in [0, 0.05) is 46.9 Å². The molecule has 2 aliphatic rings. The van der Waals surface area contributed by atoms with Crippen LogP contribution in [-0.4, -0.2) is 65.6 Å². The Balaban J connectivity index is 1.11. The number of ether oxygens (including phenoxy) is 2. The Morgan fingerprint density at radius 1 is 0.814 bits per heavy atom. The third-order valence-corrected chi connectivity index (χ3v) is 11.0. The Morgan fingerprint density at radius 3 is 1.98 bits per heavy atom. The van der Waals surface area contributed by atoms with Crippen LogP contribution in [0.2, 0.25) is 0 Å². The maximum atomic E-state index is 14.5. The first-order valence-electron chi connectivity index (χ1n) is 19.3. The molecule has 0 fully saturated rings. The molecule has 7 rings (SSSR count). The molecule has 0 unspecified atom stereocenters. The van der Waals surface area contributed by atoms with Crippen molar-refractivity contribution in [3.63, 3.8) is 0 Å². The lowest BCUT2D eigenvalue weighted by Gasteiger charge is -2.36. The maximum Gasteiger partial charge on any atom is 0.264 e. The molecule has 0 spiro atoms. The topological polar surface area (TPSA) is 158 Å². The van der Waals surface area contributed by atoms with E-state index in [9.17, 15) is 29.4 Å². The second-order valence-electron chi connectivity index (χ2n) is 14.7. The van der Waals surface area contributed by atoms with Crippen molar-refractivity contribution in [2.45, 2.75) is 44.5 Å². The third kappa shape index (κ3) is 8.45. The fourth-order valence-electron chi connectivity index (χ4n) is 7.62. The quantitative estimate of drug-likeness (QED) is 0.0989. The van der Waals surface area contributed by atoms with Gasteiger partial charge in [-0.2, -0.15) is 0 Å². The highest BCUT2D eigenvalue weighted by Crippen LogP contribution is 2.47. The molecule has 3 atom stereocenters. The Labute approximate surface area is 342 Å². The summed E-state index contributed by atoms with van der Waals surface area (Å²) in [5.41, 5.74) is 3.39. The number of aliphatic hydroxyl groups is 2. The summed E-state index contributed by atoms with van der Waals surface area (Å²) in [6.45, 7) is 2.03. The van der Waals surface area contributed by atoms with Crippen molar-refractivity contribution >= 4 is 40.7 Å². The number of carbonyl (C=O) groups excluding carboxylic acids is 4. The number of aliphatic hydroxyl groups excluding tert-OH is 1. The number of rotatable bonds is 13. The second kappa shape index (κ2) is 17.4. The molecule has 2 aliphatic heterocycles. The highest BCUT2D eigenvalue weighted by molar-refractivity contribution is 6.09. The van der Waals surface area contributed by atoms with E-state index in [-0.39, 0.29) is 43.3 Å². The molecular formula is C47H46N4O8. The van der Waals surface area contributed by atoms with Crippen LogP contribution in [0.1, 0.15) is 56.3 Å². The smallest absolute Gasteiger partial charge is 0.264 e. The zero-order chi connectivity index (χ0) is 41.7. The number of nitrogens with zero attached hydrogens (tertiary/aromatic N) is 2. The summed E-state index contributed by atoms with van der Waals surface area (Å²) in [5.74, 6) is -0.978. The van der Waals surface area contributed by atoms with Gasteiger partial charge in [-0.3, -0.25) is 19.2 Å². The van der Waals surface area contributed by atoms with Gasteiger partial charge in [-0.15, -0.1) is 0 Å². The highest BCUT2D eigenvalue weighted by Gasteiger charge is 2.52. The molecule has 0 saturated heterocycles. The van der Waals surface area contributed by atoms with E-state index in [2.05, 4.69) is 10.6 Å². The number of nitrogens with one attached hydrogen (secondary N) is 2. The molecule has 0 radical (unpaired) electrons. The van der Waals surface area contributed by atoms with Gasteiger partial charge in [0.15, 0.2) is 5.60 Å². The summed E-state index contributed by atoms with van der Waals surface area (Å²) in [5, 5.41) is 28.4.